The van der Waals surface area contributed by atoms with Crippen LogP contribution in [0.25, 0.3) is 0 Å². The van der Waals surface area contributed by atoms with Gasteiger partial charge in [0.1, 0.15) is 29.4 Å². The number of phenols is 1. The van der Waals surface area contributed by atoms with Crippen LogP contribution >= 0.6 is 0 Å². The highest BCUT2D eigenvalue weighted by molar-refractivity contribution is 5.94. The summed E-state index contributed by atoms with van der Waals surface area (Å²) in [6.45, 7) is 2.60. The molecule has 3 aromatic rings. The Morgan fingerprint density at radius 1 is 0.889 bits per heavy atom. The third kappa shape index (κ3) is 7.56. The van der Waals surface area contributed by atoms with Gasteiger partial charge in [0.25, 0.3) is 5.69 Å². The molecule has 0 fully saturated rings. The van der Waals surface area contributed by atoms with Crippen molar-refractivity contribution < 1.29 is 33.8 Å². The Labute approximate surface area is 208 Å². The maximum absolute atomic E-state index is 12.5. The number of rotatable bonds is 12. The first-order chi connectivity index (χ1) is 17.4. The third-order valence-electron chi connectivity index (χ3n) is 5.27. The van der Waals surface area contributed by atoms with Gasteiger partial charge in [-0.2, -0.15) is 0 Å². The second-order valence-corrected chi connectivity index (χ2v) is 8.00. The molecule has 0 spiro atoms. The number of nitro benzene ring substituents is 1. The minimum Gasteiger partial charge on any atom is -0.507 e. The molecule has 0 atom stereocenters. The molecular formula is C27H27NO8. The molecular weight excluding hydrogens is 466 g/mol. The van der Waals surface area contributed by atoms with Crippen LogP contribution in [0.3, 0.4) is 0 Å². The van der Waals surface area contributed by atoms with Gasteiger partial charge in [0.05, 0.1) is 17.1 Å². The fourth-order valence-corrected chi connectivity index (χ4v) is 3.25. The van der Waals surface area contributed by atoms with E-state index in [2.05, 4.69) is 6.92 Å². The first-order valence-corrected chi connectivity index (χ1v) is 11.6. The number of nitrogens with zero attached hydrogens (tertiary/aromatic N) is 1. The maximum Gasteiger partial charge on any atom is 0.343 e. The molecule has 0 saturated heterocycles. The van der Waals surface area contributed by atoms with Crippen molar-refractivity contribution in [2.75, 3.05) is 6.61 Å². The number of non-ortho nitro benzene ring substituents is 1. The van der Waals surface area contributed by atoms with Gasteiger partial charge >= 0.3 is 11.9 Å². The summed E-state index contributed by atoms with van der Waals surface area (Å²) < 4.78 is 16.2. The van der Waals surface area contributed by atoms with Crippen molar-refractivity contribution in [2.24, 2.45) is 0 Å². The Kier molecular flexibility index (Phi) is 9.39. The number of nitro groups is 1. The van der Waals surface area contributed by atoms with Gasteiger partial charge in [-0.25, -0.2) is 9.59 Å². The Balaban J connectivity index is 1.56. The molecule has 0 aliphatic rings. The van der Waals surface area contributed by atoms with Crippen LogP contribution in [0.15, 0.2) is 66.7 Å². The number of aromatic hydroxyl groups is 1. The zero-order valence-corrected chi connectivity index (χ0v) is 19.8. The highest BCUT2D eigenvalue weighted by Crippen LogP contribution is 2.25. The molecule has 9 heteroatoms. The van der Waals surface area contributed by atoms with Crippen molar-refractivity contribution in [3.05, 3.63) is 93.5 Å². The molecule has 188 valence electrons. The lowest BCUT2D eigenvalue weighted by molar-refractivity contribution is -0.384. The van der Waals surface area contributed by atoms with E-state index in [4.69, 9.17) is 14.2 Å². The molecule has 1 N–H and O–H groups in total. The highest BCUT2D eigenvalue weighted by atomic mass is 16.6. The van der Waals surface area contributed by atoms with Gasteiger partial charge in [-0.3, -0.25) is 10.1 Å². The average molecular weight is 494 g/mol. The Morgan fingerprint density at radius 2 is 1.58 bits per heavy atom. The zero-order valence-electron chi connectivity index (χ0n) is 19.8. The summed E-state index contributed by atoms with van der Waals surface area (Å²) in [5.74, 6) is -1.12. The molecule has 3 rings (SSSR count). The van der Waals surface area contributed by atoms with Gasteiger partial charge in [-0.1, -0.05) is 26.2 Å². The minimum absolute atomic E-state index is 0.0522. The van der Waals surface area contributed by atoms with Crippen LogP contribution in [0.4, 0.5) is 5.69 Å². The second kappa shape index (κ2) is 12.9. The number of unbranched alkanes of at least 4 members (excludes halogenated alkanes) is 3. The molecule has 0 bridgehead atoms. The third-order valence-corrected chi connectivity index (χ3v) is 5.27. The van der Waals surface area contributed by atoms with E-state index < -0.39 is 16.9 Å². The second-order valence-electron chi connectivity index (χ2n) is 8.00. The van der Waals surface area contributed by atoms with Crippen molar-refractivity contribution in [2.45, 2.75) is 39.2 Å². The summed E-state index contributed by atoms with van der Waals surface area (Å²) in [4.78, 5) is 35.2. The normalized spacial score (nSPS) is 10.5. The summed E-state index contributed by atoms with van der Waals surface area (Å²) in [7, 11) is 0. The first kappa shape index (κ1) is 26.2. The fourth-order valence-electron chi connectivity index (χ4n) is 3.25. The number of hydrogen-bond acceptors (Lipinski definition) is 8. The number of esters is 2. The standard InChI is InChI=1S/C27H27NO8/c1-2-3-4-5-16-34-22-12-8-20(9-13-22)26(30)36-23-14-15-25(29)24(17-23)27(31)35-18-19-6-10-21(11-7-19)28(32)33/h6-15,17,29H,2-5,16,18H2,1H3. The van der Waals surface area contributed by atoms with Crippen LogP contribution in [-0.2, 0) is 11.3 Å². The lowest BCUT2D eigenvalue weighted by atomic mass is 10.2. The van der Waals surface area contributed by atoms with Crippen LogP contribution in [0.1, 0.15) is 58.9 Å². The highest BCUT2D eigenvalue weighted by Gasteiger charge is 2.17. The maximum atomic E-state index is 12.5. The topological polar surface area (TPSA) is 125 Å². The van der Waals surface area contributed by atoms with Crippen molar-refractivity contribution in [3.63, 3.8) is 0 Å². The molecule has 0 heterocycles. The molecule has 3 aromatic carbocycles. The van der Waals surface area contributed by atoms with Gasteiger partial charge < -0.3 is 19.3 Å². The van der Waals surface area contributed by atoms with Crippen LogP contribution in [-0.4, -0.2) is 28.6 Å². The molecule has 0 unspecified atom stereocenters. The van der Waals surface area contributed by atoms with Crippen molar-refractivity contribution in [1.82, 2.24) is 0 Å². The summed E-state index contributed by atoms with van der Waals surface area (Å²) >= 11 is 0. The molecule has 0 aliphatic heterocycles. The number of phenolic OH excluding ortho intramolecular Hbond substituents is 1. The Hall–Kier alpha value is -4.40. The number of carbonyl (C=O) groups excluding carboxylic acids is 2. The Bertz CT molecular complexity index is 1190. The molecule has 36 heavy (non-hydrogen) atoms. The van der Waals surface area contributed by atoms with Crippen LogP contribution in [0.5, 0.6) is 17.2 Å². The first-order valence-electron chi connectivity index (χ1n) is 11.6. The average Bonchev–Trinajstić information content (AvgIpc) is 2.88. The van der Waals surface area contributed by atoms with E-state index in [0.29, 0.717) is 23.5 Å². The summed E-state index contributed by atoms with van der Waals surface area (Å²) in [6, 6.07) is 15.9. The lowest BCUT2D eigenvalue weighted by Crippen LogP contribution is -2.10. The van der Waals surface area contributed by atoms with E-state index >= 15 is 0 Å². The minimum atomic E-state index is -0.843. The fraction of sp³-hybridized carbons (Fsp3) is 0.259. The van der Waals surface area contributed by atoms with Crippen LogP contribution in [0.2, 0.25) is 0 Å². The van der Waals surface area contributed by atoms with Gasteiger partial charge in [0.15, 0.2) is 0 Å². The van der Waals surface area contributed by atoms with Crippen molar-refractivity contribution in [3.8, 4) is 17.2 Å². The summed E-state index contributed by atoms with van der Waals surface area (Å²) in [5, 5.41) is 20.8. The van der Waals surface area contributed by atoms with E-state index in [9.17, 15) is 24.8 Å². The number of carbonyl (C=O) groups is 2. The monoisotopic (exact) mass is 493 g/mol. The van der Waals surface area contributed by atoms with Crippen LogP contribution < -0.4 is 9.47 Å². The van der Waals surface area contributed by atoms with Crippen molar-refractivity contribution in [1.29, 1.82) is 0 Å². The van der Waals surface area contributed by atoms with E-state index in [1.807, 2.05) is 0 Å². The van der Waals surface area contributed by atoms with Gasteiger partial charge in [-0.15, -0.1) is 0 Å². The summed E-state index contributed by atoms with van der Waals surface area (Å²) in [6.07, 6.45) is 4.41. The number of ether oxygens (including phenoxy) is 3. The molecule has 0 aromatic heterocycles. The van der Waals surface area contributed by atoms with Gasteiger partial charge in [0, 0.05) is 12.1 Å². The molecule has 9 nitrogen and oxygen atoms in total. The van der Waals surface area contributed by atoms with E-state index in [0.717, 1.165) is 19.3 Å². The number of benzene rings is 3. The van der Waals surface area contributed by atoms with Gasteiger partial charge in [0.2, 0.25) is 0 Å². The predicted molar refractivity (Wildman–Crippen MR) is 131 cm³/mol. The zero-order chi connectivity index (χ0) is 25.9. The Morgan fingerprint density at radius 3 is 2.25 bits per heavy atom. The molecule has 0 radical (unpaired) electrons. The quantitative estimate of drug-likeness (QED) is 0.110. The predicted octanol–water partition coefficient (Wildman–Crippen LogP) is 5.84. The lowest BCUT2D eigenvalue weighted by Gasteiger charge is -2.10. The van der Waals surface area contributed by atoms with E-state index in [1.165, 1.54) is 48.9 Å². The van der Waals surface area contributed by atoms with Crippen molar-refractivity contribution >= 4 is 17.6 Å². The smallest absolute Gasteiger partial charge is 0.343 e. The molecule has 0 aliphatic carbocycles. The van der Waals surface area contributed by atoms with E-state index in [1.54, 1.807) is 24.3 Å². The van der Waals surface area contributed by atoms with Crippen LogP contribution in [0, 0.1) is 10.1 Å². The van der Waals surface area contributed by atoms with Gasteiger partial charge in [-0.05, 0) is 66.6 Å². The molecule has 0 saturated carbocycles. The molecule has 0 amide bonds. The SMILES string of the molecule is CCCCCCOc1ccc(C(=O)Oc2ccc(O)c(C(=O)OCc3ccc([N+](=O)[O-])cc3)c2)cc1. The largest absolute Gasteiger partial charge is 0.507 e. The number of hydrogen-bond donors (Lipinski definition) is 1. The van der Waals surface area contributed by atoms with E-state index in [-0.39, 0.29) is 29.4 Å². The summed E-state index contributed by atoms with van der Waals surface area (Å²) in [5.41, 5.74) is 0.559.